The highest BCUT2D eigenvalue weighted by atomic mass is 127. The lowest BCUT2D eigenvalue weighted by molar-refractivity contribution is -0.138. The SMILES string of the molecule is CCN(CC)CCCNC(=NC)NCc1ccc(F)cc1C(F)(F)F.I. The number of nitrogens with one attached hydrogen (secondary N) is 2. The lowest BCUT2D eigenvalue weighted by Gasteiger charge is -2.19. The van der Waals surface area contributed by atoms with Crippen molar-refractivity contribution in [3.05, 3.63) is 35.1 Å². The van der Waals surface area contributed by atoms with Crippen LogP contribution in [0.5, 0.6) is 0 Å². The molecule has 0 unspecified atom stereocenters. The van der Waals surface area contributed by atoms with Crippen LogP contribution in [0, 0.1) is 5.82 Å². The lowest BCUT2D eigenvalue weighted by atomic mass is 10.1. The topological polar surface area (TPSA) is 39.7 Å². The number of aliphatic imine (C=N–C) groups is 1. The number of nitrogens with zero attached hydrogens (tertiary/aromatic N) is 2. The van der Waals surface area contributed by atoms with E-state index in [1.807, 2.05) is 0 Å². The molecule has 0 spiro atoms. The predicted molar refractivity (Wildman–Crippen MR) is 107 cm³/mol. The molecular formula is C17H27F4IN4. The maximum atomic E-state index is 13.1. The van der Waals surface area contributed by atoms with Gasteiger partial charge in [0.15, 0.2) is 5.96 Å². The van der Waals surface area contributed by atoms with Crippen LogP contribution >= 0.6 is 24.0 Å². The highest BCUT2D eigenvalue weighted by Crippen LogP contribution is 2.32. The van der Waals surface area contributed by atoms with Crippen molar-refractivity contribution in [3.63, 3.8) is 0 Å². The van der Waals surface area contributed by atoms with Gasteiger partial charge in [-0.2, -0.15) is 13.2 Å². The van der Waals surface area contributed by atoms with Gasteiger partial charge in [0, 0.05) is 20.1 Å². The van der Waals surface area contributed by atoms with Crippen molar-refractivity contribution in [2.75, 3.05) is 33.2 Å². The third kappa shape index (κ3) is 8.52. The zero-order chi connectivity index (χ0) is 18.9. The van der Waals surface area contributed by atoms with Gasteiger partial charge in [-0.25, -0.2) is 4.39 Å². The Hall–Kier alpha value is -1.10. The number of guanidine groups is 1. The highest BCUT2D eigenvalue weighted by molar-refractivity contribution is 14.0. The summed E-state index contributed by atoms with van der Waals surface area (Å²) >= 11 is 0. The van der Waals surface area contributed by atoms with Crippen LogP contribution in [0.4, 0.5) is 17.6 Å². The molecule has 0 atom stereocenters. The Morgan fingerprint density at radius 1 is 1.15 bits per heavy atom. The molecular weight excluding hydrogens is 463 g/mol. The Bertz CT molecular complexity index is 560. The Kier molecular flexibility index (Phi) is 11.8. The zero-order valence-corrected chi connectivity index (χ0v) is 17.6. The van der Waals surface area contributed by atoms with E-state index in [9.17, 15) is 17.6 Å². The van der Waals surface area contributed by atoms with Gasteiger partial charge in [-0.1, -0.05) is 19.9 Å². The first-order valence-electron chi connectivity index (χ1n) is 8.34. The molecule has 2 N–H and O–H groups in total. The van der Waals surface area contributed by atoms with Crippen molar-refractivity contribution in [3.8, 4) is 0 Å². The lowest BCUT2D eigenvalue weighted by Crippen LogP contribution is -2.38. The summed E-state index contributed by atoms with van der Waals surface area (Å²) in [5.41, 5.74) is -1.00. The minimum atomic E-state index is -4.60. The fraction of sp³-hybridized carbons (Fsp3) is 0.588. The Morgan fingerprint density at radius 3 is 2.35 bits per heavy atom. The van der Waals surface area contributed by atoms with Gasteiger partial charge in [0.2, 0.25) is 0 Å². The number of hydrogen-bond donors (Lipinski definition) is 2. The van der Waals surface area contributed by atoms with Gasteiger partial charge in [0.25, 0.3) is 0 Å². The molecule has 1 aromatic rings. The molecule has 0 aliphatic rings. The van der Waals surface area contributed by atoms with Crippen LogP contribution in [0.15, 0.2) is 23.2 Å². The minimum absolute atomic E-state index is 0. The van der Waals surface area contributed by atoms with Crippen LogP contribution in [-0.4, -0.2) is 44.1 Å². The van der Waals surface area contributed by atoms with E-state index in [1.54, 1.807) is 7.05 Å². The van der Waals surface area contributed by atoms with Crippen molar-refractivity contribution < 1.29 is 17.6 Å². The van der Waals surface area contributed by atoms with Crippen LogP contribution in [0.1, 0.15) is 31.4 Å². The van der Waals surface area contributed by atoms with E-state index in [1.165, 1.54) is 0 Å². The van der Waals surface area contributed by atoms with Crippen LogP contribution in [0.3, 0.4) is 0 Å². The summed E-state index contributed by atoms with van der Waals surface area (Å²) in [5, 5.41) is 5.91. The minimum Gasteiger partial charge on any atom is -0.356 e. The molecule has 0 aliphatic carbocycles. The standard InChI is InChI=1S/C17H26F4N4.HI/c1-4-25(5-2)10-6-9-23-16(22-3)24-12-13-7-8-14(18)11-15(13)17(19,20)21;/h7-8,11H,4-6,9-10,12H2,1-3H3,(H2,22,23,24);1H. The molecule has 0 heterocycles. The zero-order valence-electron chi connectivity index (χ0n) is 15.3. The number of benzene rings is 1. The molecule has 0 bridgehead atoms. The van der Waals surface area contributed by atoms with Crippen molar-refractivity contribution in [2.45, 2.75) is 33.0 Å². The van der Waals surface area contributed by atoms with Crippen molar-refractivity contribution in [2.24, 2.45) is 4.99 Å². The molecule has 0 amide bonds. The van der Waals surface area contributed by atoms with Gasteiger partial charge in [-0.05, 0) is 43.8 Å². The van der Waals surface area contributed by atoms with E-state index < -0.39 is 17.6 Å². The smallest absolute Gasteiger partial charge is 0.356 e. The molecule has 0 aliphatic heterocycles. The van der Waals surface area contributed by atoms with Gasteiger partial charge in [0.05, 0.1) is 5.56 Å². The molecule has 0 radical (unpaired) electrons. The number of rotatable bonds is 8. The van der Waals surface area contributed by atoms with Gasteiger partial charge >= 0.3 is 6.18 Å². The summed E-state index contributed by atoms with van der Waals surface area (Å²) < 4.78 is 52.1. The van der Waals surface area contributed by atoms with E-state index >= 15 is 0 Å². The quantitative estimate of drug-likeness (QED) is 0.191. The summed E-state index contributed by atoms with van der Waals surface area (Å²) in [4.78, 5) is 6.28. The first kappa shape index (κ1) is 24.9. The van der Waals surface area contributed by atoms with Gasteiger partial charge in [-0.15, -0.1) is 24.0 Å². The van der Waals surface area contributed by atoms with E-state index in [0.29, 0.717) is 18.6 Å². The molecule has 4 nitrogen and oxygen atoms in total. The summed E-state index contributed by atoms with van der Waals surface area (Å²) in [6.07, 6.45) is -3.70. The van der Waals surface area contributed by atoms with Crippen LogP contribution in [0.2, 0.25) is 0 Å². The third-order valence-electron chi connectivity index (χ3n) is 3.89. The van der Waals surface area contributed by atoms with Crippen molar-refractivity contribution in [1.29, 1.82) is 0 Å². The second-order valence-electron chi connectivity index (χ2n) is 5.53. The highest BCUT2D eigenvalue weighted by Gasteiger charge is 2.33. The number of halogens is 5. The monoisotopic (exact) mass is 490 g/mol. The van der Waals surface area contributed by atoms with Crippen LogP contribution in [-0.2, 0) is 12.7 Å². The first-order chi connectivity index (χ1) is 11.8. The van der Waals surface area contributed by atoms with Crippen LogP contribution in [0.25, 0.3) is 0 Å². The second-order valence-corrected chi connectivity index (χ2v) is 5.53. The average Bonchev–Trinajstić information content (AvgIpc) is 2.57. The Labute approximate surface area is 169 Å². The third-order valence-corrected chi connectivity index (χ3v) is 3.89. The van der Waals surface area contributed by atoms with Gasteiger partial charge in [-0.3, -0.25) is 4.99 Å². The Balaban J connectivity index is 0.00000625. The molecule has 0 aromatic heterocycles. The molecule has 9 heteroatoms. The Morgan fingerprint density at radius 2 is 1.81 bits per heavy atom. The molecule has 0 saturated heterocycles. The van der Waals surface area contributed by atoms with Crippen molar-refractivity contribution in [1.82, 2.24) is 15.5 Å². The van der Waals surface area contributed by atoms with Crippen molar-refractivity contribution >= 4 is 29.9 Å². The second kappa shape index (κ2) is 12.3. The first-order valence-corrected chi connectivity index (χ1v) is 8.34. The fourth-order valence-electron chi connectivity index (χ4n) is 2.42. The molecule has 0 saturated carbocycles. The number of hydrogen-bond acceptors (Lipinski definition) is 2. The van der Waals surface area contributed by atoms with E-state index in [2.05, 4.69) is 34.4 Å². The maximum absolute atomic E-state index is 13.1. The molecule has 1 aromatic carbocycles. The van der Waals surface area contributed by atoms with E-state index in [-0.39, 0.29) is 36.1 Å². The molecule has 0 fully saturated rings. The summed E-state index contributed by atoms with van der Waals surface area (Å²) in [5.74, 6) is -0.494. The average molecular weight is 490 g/mol. The number of alkyl halides is 3. The van der Waals surface area contributed by atoms with E-state index in [4.69, 9.17) is 0 Å². The molecule has 26 heavy (non-hydrogen) atoms. The summed E-state index contributed by atoms with van der Waals surface area (Å²) in [7, 11) is 1.55. The fourth-order valence-corrected chi connectivity index (χ4v) is 2.42. The van der Waals surface area contributed by atoms with Gasteiger partial charge in [0.1, 0.15) is 5.82 Å². The predicted octanol–water partition coefficient (Wildman–Crippen LogP) is 3.86. The molecule has 1 rings (SSSR count). The largest absolute Gasteiger partial charge is 0.416 e. The summed E-state index contributed by atoms with van der Waals surface area (Å²) in [6, 6.07) is 2.67. The van der Waals surface area contributed by atoms with E-state index in [0.717, 1.165) is 38.2 Å². The normalized spacial score (nSPS) is 12.1. The molecule has 150 valence electrons. The van der Waals surface area contributed by atoms with Crippen LogP contribution < -0.4 is 10.6 Å². The summed E-state index contributed by atoms with van der Waals surface area (Å²) in [6.45, 7) is 7.66. The van der Waals surface area contributed by atoms with Gasteiger partial charge < -0.3 is 15.5 Å². The maximum Gasteiger partial charge on any atom is 0.416 e.